The third-order valence-corrected chi connectivity index (χ3v) is 6.17. The van der Waals surface area contributed by atoms with E-state index in [1.807, 2.05) is 26.2 Å². The van der Waals surface area contributed by atoms with Crippen LogP contribution >= 0.6 is 0 Å². The van der Waals surface area contributed by atoms with Crippen LogP contribution in [0, 0.1) is 5.92 Å². The number of likely N-dealkylation sites (tertiary alicyclic amines) is 1. The minimum absolute atomic E-state index is 0.162. The van der Waals surface area contributed by atoms with Crippen LogP contribution in [0.4, 0.5) is 4.79 Å². The summed E-state index contributed by atoms with van der Waals surface area (Å²) in [6.45, 7) is 3.19. The number of urea groups is 1. The van der Waals surface area contributed by atoms with Crippen molar-refractivity contribution in [2.75, 3.05) is 40.8 Å². The van der Waals surface area contributed by atoms with Gasteiger partial charge in [0.25, 0.3) is 0 Å². The Morgan fingerprint density at radius 2 is 1.79 bits per heavy atom. The first-order valence-corrected chi connectivity index (χ1v) is 8.96. The molecule has 5 rings (SSSR count). The van der Waals surface area contributed by atoms with Gasteiger partial charge in [0.15, 0.2) is 0 Å². The molecule has 0 aliphatic carbocycles. The minimum Gasteiger partial charge on any atom is -0.497 e. The highest BCUT2D eigenvalue weighted by Gasteiger charge is 2.54. The first-order chi connectivity index (χ1) is 11.6. The lowest BCUT2D eigenvalue weighted by molar-refractivity contribution is 0.000904. The van der Waals surface area contributed by atoms with Crippen molar-refractivity contribution in [1.29, 1.82) is 0 Å². The molecule has 4 aliphatic heterocycles. The molecule has 0 aromatic heterocycles. The van der Waals surface area contributed by atoms with E-state index in [-0.39, 0.29) is 6.03 Å². The summed E-state index contributed by atoms with van der Waals surface area (Å²) in [6.07, 6.45) is 2.46. The zero-order chi connectivity index (χ0) is 16.8. The van der Waals surface area contributed by atoms with E-state index in [9.17, 15) is 4.79 Å². The Morgan fingerprint density at radius 3 is 2.38 bits per heavy atom. The second kappa shape index (κ2) is 5.96. The van der Waals surface area contributed by atoms with Crippen molar-refractivity contribution >= 4 is 6.03 Å². The second-order valence-corrected chi connectivity index (χ2v) is 7.56. The number of benzene rings is 1. The molecule has 4 saturated heterocycles. The van der Waals surface area contributed by atoms with Crippen molar-refractivity contribution in [1.82, 2.24) is 14.7 Å². The summed E-state index contributed by atoms with van der Waals surface area (Å²) in [6, 6.07) is 9.43. The molecule has 0 spiro atoms. The highest BCUT2D eigenvalue weighted by Crippen LogP contribution is 2.46. The van der Waals surface area contributed by atoms with Gasteiger partial charge in [-0.2, -0.15) is 0 Å². The molecule has 130 valence electrons. The number of fused-ring (bicyclic) bond motifs is 2. The van der Waals surface area contributed by atoms with Crippen molar-refractivity contribution in [3.63, 3.8) is 0 Å². The summed E-state index contributed by atoms with van der Waals surface area (Å²) in [5.41, 5.74) is 1.33. The van der Waals surface area contributed by atoms with E-state index in [0.717, 1.165) is 12.3 Å². The maximum atomic E-state index is 12.8. The van der Waals surface area contributed by atoms with Crippen LogP contribution in [0.15, 0.2) is 24.3 Å². The molecule has 0 unspecified atom stereocenters. The van der Waals surface area contributed by atoms with Crippen molar-refractivity contribution in [2.24, 2.45) is 5.92 Å². The van der Waals surface area contributed by atoms with Gasteiger partial charge in [0, 0.05) is 32.6 Å². The van der Waals surface area contributed by atoms with Gasteiger partial charge in [-0.15, -0.1) is 0 Å². The van der Waals surface area contributed by atoms with Gasteiger partial charge in [-0.25, -0.2) is 4.79 Å². The van der Waals surface area contributed by atoms with E-state index in [0.29, 0.717) is 23.9 Å². The molecule has 4 heterocycles. The molecule has 4 aliphatic rings. The van der Waals surface area contributed by atoms with Crippen molar-refractivity contribution in [3.8, 4) is 5.75 Å². The molecule has 4 fully saturated rings. The summed E-state index contributed by atoms with van der Waals surface area (Å²) in [5, 5.41) is 0. The molecule has 5 nitrogen and oxygen atoms in total. The number of nitrogens with zero attached hydrogens (tertiary/aromatic N) is 3. The predicted octanol–water partition coefficient (Wildman–Crippen LogP) is 2.24. The van der Waals surface area contributed by atoms with Gasteiger partial charge in [0.1, 0.15) is 5.75 Å². The molecule has 1 aromatic carbocycles. The number of amides is 2. The van der Waals surface area contributed by atoms with Crippen molar-refractivity contribution in [3.05, 3.63) is 29.8 Å². The van der Waals surface area contributed by atoms with Crippen LogP contribution in [0.2, 0.25) is 0 Å². The third-order valence-electron chi connectivity index (χ3n) is 6.17. The van der Waals surface area contributed by atoms with E-state index in [1.54, 1.807) is 12.0 Å². The van der Waals surface area contributed by atoms with Gasteiger partial charge in [0.2, 0.25) is 0 Å². The first-order valence-electron chi connectivity index (χ1n) is 8.96. The molecule has 0 saturated carbocycles. The molecule has 0 N–H and O–H groups in total. The van der Waals surface area contributed by atoms with Crippen LogP contribution in [0.25, 0.3) is 0 Å². The summed E-state index contributed by atoms with van der Waals surface area (Å²) in [4.78, 5) is 19.3. The van der Waals surface area contributed by atoms with Gasteiger partial charge in [-0.3, -0.25) is 4.90 Å². The lowest BCUT2D eigenvalue weighted by Crippen LogP contribution is -2.61. The Morgan fingerprint density at radius 1 is 1.12 bits per heavy atom. The monoisotopic (exact) mass is 329 g/mol. The van der Waals surface area contributed by atoms with Gasteiger partial charge in [0.05, 0.1) is 13.2 Å². The average molecular weight is 329 g/mol. The van der Waals surface area contributed by atoms with Crippen LogP contribution in [-0.2, 0) is 0 Å². The van der Waals surface area contributed by atoms with Gasteiger partial charge < -0.3 is 14.5 Å². The van der Waals surface area contributed by atoms with Crippen LogP contribution in [0.3, 0.4) is 0 Å². The standard InChI is InChI=1S/C19H27N3O2/c1-20(2)19(23)22-12-16(13-4-6-15(24-3)7-5-13)18-17(22)14-8-10-21(18)11-9-14/h4-7,14,16-18H,8-12H2,1-3H3/t16-,17+,18+/m1/s1. The quantitative estimate of drug-likeness (QED) is 0.835. The smallest absolute Gasteiger partial charge is 0.319 e. The number of ether oxygens (including phenoxy) is 1. The molecule has 2 amide bonds. The fraction of sp³-hybridized carbons (Fsp3) is 0.632. The normalized spacial score (nSPS) is 34.1. The summed E-state index contributed by atoms with van der Waals surface area (Å²) < 4.78 is 5.30. The maximum absolute atomic E-state index is 12.8. The van der Waals surface area contributed by atoms with Crippen molar-refractivity contribution < 1.29 is 9.53 Å². The Balaban J connectivity index is 1.68. The summed E-state index contributed by atoms with van der Waals surface area (Å²) in [7, 11) is 5.42. The number of carbonyl (C=O) groups is 1. The lowest BCUT2D eigenvalue weighted by atomic mass is 9.75. The molecule has 1 aromatic rings. The Bertz CT molecular complexity index is 608. The largest absolute Gasteiger partial charge is 0.497 e. The maximum Gasteiger partial charge on any atom is 0.319 e. The number of hydrogen-bond acceptors (Lipinski definition) is 3. The highest BCUT2D eigenvalue weighted by atomic mass is 16.5. The number of hydrogen-bond donors (Lipinski definition) is 0. The number of carbonyl (C=O) groups excluding carboxylic acids is 1. The van der Waals surface area contributed by atoms with Crippen LogP contribution in [0.5, 0.6) is 5.75 Å². The second-order valence-electron chi connectivity index (χ2n) is 7.56. The lowest BCUT2D eigenvalue weighted by Gasteiger charge is -2.51. The Kier molecular flexibility index (Phi) is 3.91. The highest BCUT2D eigenvalue weighted by molar-refractivity contribution is 5.75. The molecule has 5 heteroatoms. The minimum atomic E-state index is 0.162. The van der Waals surface area contributed by atoms with Crippen LogP contribution in [0.1, 0.15) is 24.3 Å². The third kappa shape index (κ3) is 2.37. The SMILES string of the molecule is COc1ccc([C@H]2CN(C(=O)N(C)C)[C@H]3C4CCN(CC4)[C@@H]23)cc1. The molecule has 24 heavy (non-hydrogen) atoms. The van der Waals surface area contributed by atoms with E-state index in [4.69, 9.17) is 4.74 Å². The summed E-state index contributed by atoms with van der Waals surface area (Å²) in [5.74, 6) is 1.94. The van der Waals surface area contributed by atoms with Crippen LogP contribution < -0.4 is 4.74 Å². The van der Waals surface area contributed by atoms with Gasteiger partial charge in [-0.1, -0.05) is 12.1 Å². The summed E-state index contributed by atoms with van der Waals surface area (Å²) >= 11 is 0. The Labute approximate surface area is 144 Å². The fourth-order valence-corrected chi connectivity index (χ4v) is 5.04. The molecular formula is C19H27N3O2. The van der Waals surface area contributed by atoms with Crippen LogP contribution in [-0.4, -0.2) is 73.7 Å². The van der Waals surface area contributed by atoms with Gasteiger partial charge >= 0.3 is 6.03 Å². The fourth-order valence-electron chi connectivity index (χ4n) is 5.04. The molecule has 0 radical (unpaired) electrons. The van der Waals surface area contributed by atoms with E-state index < -0.39 is 0 Å². The molecule has 2 bridgehead atoms. The Hall–Kier alpha value is -1.75. The molecular weight excluding hydrogens is 302 g/mol. The molecule has 3 atom stereocenters. The zero-order valence-electron chi connectivity index (χ0n) is 14.8. The van der Waals surface area contributed by atoms with E-state index in [2.05, 4.69) is 21.9 Å². The number of rotatable bonds is 2. The van der Waals surface area contributed by atoms with E-state index in [1.165, 1.54) is 31.5 Å². The number of methoxy groups -OCH3 is 1. The zero-order valence-corrected chi connectivity index (χ0v) is 14.8. The average Bonchev–Trinajstić information content (AvgIpc) is 3.04. The number of piperidine rings is 3. The van der Waals surface area contributed by atoms with Gasteiger partial charge in [-0.05, 0) is 49.5 Å². The predicted molar refractivity (Wildman–Crippen MR) is 93.4 cm³/mol. The van der Waals surface area contributed by atoms with Crippen molar-refractivity contribution in [2.45, 2.75) is 30.8 Å². The topological polar surface area (TPSA) is 36.0 Å². The first kappa shape index (κ1) is 15.8. The van der Waals surface area contributed by atoms with E-state index >= 15 is 0 Å².